The average Bonchev–Trinajstić information content (AvgIpc) is 3.45. The van der Waals surface area contributed by atoms with E-state index >= 15 is 0 Å². The van der Waals surface area contributed by atoms with Crippen molar-refractivity contribution in [2.24, 2.45) is 0 Å². The molecular formula is C28H48N2O4S4. The number of anilines is 2. The van der Waals surface area contributed by atoms with Crippen molar-refractivity contribution in [2.75, 3.05) is 23.0 Å². The highest BCUT2D eigenvalue weighted by Gasteiger charge is 2.29. The van der Waals surface area contributed by atoms with Crippen LogP contribution in [-0.2, 0) is 19.7 Å². The Morgan fingerprint density at radius 1 is 0.579 bits per heavy atom. The van der Waals surface area contributed by atoms with E-state index in [9.17, 15) is 16.8 Å². The highest BCUT2D eigenvalue weighted by Crippen LogP contribution is 2.46. The van der Waals surface area contributed by atoms with Crippen molar-refractivity contribution in [2.45, 2.75) is 126 Å². The molecule has 0 saturated carbocycles. The average molecular weight is 605 g/mol. The SMILES string of the molecule is CCCCCCCCCCS(=O)(=O)c1csc(-c2scc(N)c2S(=O)(=O)CCCCCCCCCC)c1N. The Hall–Kier alpha value is -1.10. The molecule has 2 heterocycles. The second-order valence-corrected chi connectivity index (χ2v) is 16.2. The predicted molar refractivity (Wildman–Crippen MR) is 166 cm³/mol. The third-order valence-electron chi connectivity index (χ3n) is 6.95. The summed E-state index contributed by atoms with van der Waals surface area (Å²) in [6, 6.07) is 0. The topological polar surface area (TPSA) is 120 Å². The predicted octanol–water partition coefficient (Wildman–Crippen LogP) is 8.47. The van der Waals surface area contributed by atoms with Crippen molar-refractivity contribution in [1.82, 2.24) is 0 Å². The Balaban J connectivity index is 2.00. The molecule has 6 nitrogen and oxygen atoms in total. The molecule has 0 bridgehead atoms. The van der Waals surface area contributed by atoms with Crippen LogP contribution in [0.4, 0.5) is 11.4 Å². The molecule has 0 aliphatic carbocycles. The Labute approximate surface area is 239 Å². The molecule has 0 aromatic carbocycles. The maximum atomic E-state index is 13.3. The maximum Gasteiger partial charge on any atom is 0.181 e. The molecule has 0 spiro atoms. The van der Waals surface area contributed by atoms with Crippen LogP contribution in [0.5, 0.6) is 0 Å². The van der Waals surface area contributed by atoms with Gasteiger partial charge in [-0.1, -0.05) is 104 Å². The summed E-state index contributed by atoms with van der Waals surface area (Å²) < 4.78 is 52.6. The van der Waals surface area contributed by atoms with Crippen LogP contribution in [0.1, 0.15) is 117 Å². The summed E-state index contributed by atoms with van der Waals surface area (Å²) >= 11 is 2.40. The molecule has 0 aliphatic rings. The third kappa shape index (κ3) is 10.1. The van der Waals surface area contributed by atoms with Gasteiger partial charge < -0.3 is 11.5 Å². The largest absolute Gasteiger partial charge is 0.397 e. The fourth-order valence-electron chi connectivity index (χ4n) is 4.67. The summed E-state index contributed by atoms with van der Waals surface area (Å²) in [5, 5.41) is 3.17. The lowest BCUT2D eigenvalue weighted by Crippen LogP contribution is -2.10. The first-order valence-corrected chi connectivity index (χ1v) is 19.4. The summed E-state index contributed by atoms with van der Waals surface area (Å²) in [5.41, 5.74) is 12.8. The minimum absolute atomic E-state index is 0.0325. The lowest BCUT2D eigenvalue weighted by Gasteiger charge is -2.08. The fourth-order valence-corrected chi connectivity index (χ4v) is 10.9. The molecule has 2 rings (SSSR count). The number of nitrogen functional groups attached to an aromatic ring is 2. The minimum atomic E-state index is -3.61. The van der Waals surface area contributed by atoms with Crippen LogP contribution >= 0.6 is 22.7 Å². The molecule has 0 fully saturated rings. The molecule has 38 heavy (non-hydrogen) atoms. The number of hydrogen-bond acceptors (Lipinski definition) is 8. The van der Waals surface area contributed by atoms with Gasteiger partial charge in [-0.3, -0.25) is 0 Å². The molecule has 218 valence electrons. The summed E-state index contributed by atoms with van der Waals surface area (Å²) in [6.45, 7) is 4.38. The second kappa shape index (κ2) is 16.9. The van der Waals surface area contributed by atoms with Gasteiger partial charge >= 0.3 is 0 Å². The number of sulfone groups is 2. The maximum absolute atomic E-state index is 13.3. The number of thiophene rings is 2. The number of unbranched alkanes of at least 4 members (excludes halogenated alkanes) is 14. The van der Waals surface area contributed by atoms with Crippen molar-refractivity contribution < 1.29 is 16.8 Å². The van der Waals surface area contributed by atoms with Gasteiger partial charge in [0, 0.05) is 10.8 Å². The normalized spacial score (nSPS) is 12.4. The quantitative estimate of drug-likeness (QED) is 0.138. The van der Waals surface area contributed by atoms with Crippen molar-refractivity contribution in [3.05, 3.63) is 10.8 Å². The van der Waals surface area contributed by atoms with Gasteiger partial charge in [-0.2, -0.15) is 0 Å². The van der Waals surface area contributed by atoms with E-state index in [4.69, 9.17) is 11.5 Å². The first kappa shape index (κ1) is 33.1. The molecule has 0 aliphatic heterocycles. The zero-order valence-corrected chi connectivity index (χ0v) is 26.6. The third-order valence-corrected chi connectivity index (χ3v) is 13.1. The first-order valence-electron chi connectivity index (χ1n) is 14.4. The Morgan fingerprint density at radius 3 is 1.50 bits per heavy atom. The zero-order chi connectivity index (χ0) is 28.0. The number of hydrogen-bond donors (Lipinski definition) is 2. The van der Waals surface area contributed by atoms with Gasteiger partial charge in [-0.05, 0) is 12.8 Å². The highest BCUT2D eigenvalue weighted by molar-refractivity contribution is 7.92. The van der Waals surface area contributed by atoms with Crippen LogP contribution in [0.15, 0.2) is 20.6 Å². The van der Waals surface area contributed by atoms with Crippen LogP contribution in [0.25, 0.3) is 9.75 Å². The van der Waals surface area contributed by atoms with Gasteiger partial charge in [-0.15, -0.1) is 22.7 Å². The molecular weight excluding hydrogens is 557 g/mol. The molecule has 0 saturated heterocycles. The van der Waals surface area contributed by atoms with Gasteiger partial charge in [0.05, 0.1) is 32.6 Å². The van der Waals surface area contributed by atoms with Crippen LogP contribution in [0, 0.1) is 0 Å². The highest BCUT2D eigenvalue weighted by atomic mass is 32.2. The monoisotopic (exact) mass is 604 g/mol. The molecule has 4 N–H and O–H groups in total. The van der Waals surface area contributed by atoms with Gasteiger partial charge in [0.1, 0.15) is 9.79 Å². The van der Waals surface area contributed by atoms with Crippen LogP contribution < -0.4 is 11.5 Å². The lowest BCUT2D eigenvalue weighted by molar-refractivity contribution is 0.572. The van der Waals surface area contributed by atoms with E-state index in [2.05, 4.69) is 13.8 Å². The van der Waals surface area contributed by atoms with E-state index in [1.54, 1.807) is 10.8 Å². The van der Waals surface area contributed by atoms with E-state index < -0.39 is 19.7 Å². The standard InChI is InChI=1S/C28H48N2O4S4/c1-3-5-7-9-11-13-15-17-19-37(31,32)24-22-36-26(25(24)30)27-28(23(29)21-35-27)38(33,34)20-18-16-14-12-10-8-6-4-2/h21-22H,3-20,29-30H2,1-2H3. The molecule has 0 atom stereocenters. The molecule has 10 heteroatoms. The molecule has 2 aromatic heterocycles. The second-order valence-electron chi connectivity index (χ2n) is 10.3. The van der Waals surface area contributed by atoms with E-state index in [0.717, 1.165) is 38.5 Å². The summed E-state index contributed by atoms with van der Waals surface area (Å²) in [5.74, 6) is 0.0866. The fraction of sp³-hybridized carbons (Fsp3) is 0.714. The molecule has 0 radical (unpaired) electrons. The molecule has 0 unspecified atom stereocenters. The van der Waals surface area contributed by atoms with Crippen LogP contribution in [0.3, 0.4) is 0 Å². The number of rotatable bonds is 21. The van der Waals surface area contributed by atoms with E-state index in [0.29, 0.717) is 22.6 Å². The lowest BCUT2D eigenvalue weighted by atomic mass is 10.1. The van der Waals surface area contributed by atoms with Gasteiger partial charge in [0.15, 0.2) is 19.7 Å². The Kier molecular flexibility index (Phi) is 14.7. The zero-order valence-electron chi connectivity index (χ0n) is 23.3. The van der Waals surface area contributed by atoms with Gasteiger partial charge in [0.25, 0.3) is 0 Å². The van der Waals surface area contributed by atoms with Crippen molar-refractivity contribution in [1.29, 1.82) is 0 Å². The van der Waals surface area contributed by atoms with E-state index in [-0.39, 0.29) is 32.7 Å². The minimum Gasteiger partial charge on any atom is -0.397 e. The summed E-state index contributed by atoms with van der Waals surface area (Å²) in [4.78, 5) is 1.15. The Bertz CT molecular complexity index is 1170. The van der Waals surface area contributed by atoms with Crippen LogP contribution in [-0.4, -0.2) is 28.3 Å². The van der Waals surface area contributed by atoms with Crippen LogP contribution in [0.2, 0.25) is 0 Å². The summed E-state index contributed by atoms with van der Waals surface area (Å²) in [7, 11) is -7.15. The van der Waals surface area contributed by atoms with Crippen molar-refractivity contribution in [3.63, 3.8) is 0 Å². The van der Waals surface area contributed by atoms with E-state index in [1.807, 2.05) is 0 Å². The molecule has 2 aromatic rings. The molecule has 0 amide bonds. The van der Waals surface area contributed by atoms with E-state index in [1.165, 1.54) is 74.0 Å². The summed E-state index contributed by atoms with van der Waals surface area (Å²) in [6.07, 6.45) is 17.1. The van der Waals surface area contributed by atoms with Gasteiger partial charge in [0.2, 0.25) is 0 Å². The smallest absolute Gasteiger partial charge is 0.181 e. The first-order chi connectivity index (χ1) is 18.2. The van der Waals surface area contributed by atoms with Gasteiger partial charge in [-0.25, -0.2) is 16.8 Å². The number of nitrogens with two attached hydrogens (primary N) is 2. The van der Waals surface area contributed by atoms with Crippen molar-refractivity contribution >= 4 is 53.7 Å². The van der Waals surface area contributed by atoms with Crippen molar-refractivity contribution in [3.8, 4) is 9.75 Å². The Morgan fingerprint density at radius 2 is 1.00 bits per heavy atom.